The van der Waals surface area contributed by atoms with E-state index in [1.54, 1.807) is 11.9 Å². The van der Waals surface area contributed by atoms with Gasteiger partial charge in [-0.05, 0) is 67.3 Å². The summed E-state index contributed by atoms with van der Waals surface area (Å²) in [5.74, 6) is -0.0771. The number of hydrogen-bond acceptors (Lipinski definition) is 6. The van der Waals surface area contributed by atoms with E-state index in [2.05, 4.69) is 42.4 Å². The molecule has 6 nitrogen and oxygen atoms in total. The van der Waals surface area contributed by atoms with E-state index in [4.69, 9.17) is 9.47 Å². The summed E-state index contributed by atoms with van der Waals surface area (Å²) >= 11 is 1.76. The lowest BCUT2D eigenvalue weighted by Gasteiger charge is -2.30. The lowest BCUT2D eigenvalue weighted by molar-refractivity contribution is -0.143. The molecule has 1 aromatic heterocycles. The number of fused-ring (bicyclic) bond motifs is 1. The fourth-order valence-electron chi connectivity index (χ4n) is 4.83. The van der Waals surface area contributed by atoms with Crippen molar-refractivity contribution in [2.24, 2.45) is 5.41 Å². The number of nitrogens with zero attached hydrogens (tertiary/aromatic N) is 2. The minimum absolute atomic E-state index is 0.114. The van der Waals surface area contributed by atoms with Crippen molar-refractivity contribution in [3.05, 3.63) is 52.3 Å². The van der Waals surface area contributed by atoms with E-state index in [9.17, 15) is 9.59 Å². The van der Waals surface area contributed by atoms with Gasteiger partial charge in [-0.2, -0.15) is 0 Å². The molecule has 2 aliphatic rings. The maximum Gasteiger partial charge on any atom is 0.325 e. The van der Waals surface area contributed by atoms with E-state index >= 15 is 0 Å². The Morgan fingerprint density at radius 2 is 1.85 bits per heavy atom. The van der Waals surface area contributed by atoms with Crippen molar-refractivity contribution in [2.45, 2.75) is 58.4 Å². The number of benzene rings is 1. The van der Waals surface area contributed by atoms with E-state index in [1.165, 1.54) is 4.90 Å². The van der Waals surface area contributed by atoms with Crippen molar-refractivity contribution in [3.63, 3.8) is 0 Å². The number of morpholine rings is 1. The molecule has 0 spiro atoms. The van der Waals surface area contributed by atoms with Crippen molar-refractivity contribution in [1.82, 2.24) is 8.87 Å². The molecule has 2 heterocycles. The van der Waals surface area contributed by atoms with Crippen LogP contribution in [0.4, 0.5) is 0 Å². The highest BCUT2D eigenvalue weighted by Crippen LogP contribution is 2.39. The Morgan fingerprint density at radius 3 is 2.52 bits per heavy atom. The molecule has 0 radical (unpaired) electrons. The van der Waals surface area contributed by atoms with Crippen LogP contribution in [-0.2, 0) is 33.7 Å². The number of ketones is 1. The van der Waals surface area contributed by atoms with E-state index in [1.807, 2.05) is 18.4 Å². The van der Waals surface area contributed by atoms with E-state index in [0.717, 1.165) is 60.8 Å². The van der Waals surface area contributed by atoms with Crippen molar-refractivity contribution in [2.75, 3.05) is 32.9 Å². The standard InChI is InChI=1S/C26H34N2O4S/c1-5-32-24(30)17-28-18(2)21(25-22(28)15-26(3,4)16-23(25)29)14-19-6-8-20(9-7-19)33-27-10-12-31-13-11-27/h6-9H,5,10-17H2,1-4H3. The van der Waals surface area contributed by atoms with Crippen LogP contribution in [0.2, 0.25) is 0 Å². The van der Waals surface area contributed by atoms with Crippen LogP contribution >= 0.6 is 11.9 Å². The van der Waals surface area contributed by atoms with Gasteiger partial charge >= 0.3 is 5.97 Å². The minimum Gasteiger partial charge on any atom is -0.465 e. The largest absolute Gasteiger partial charge is 0.465 e. The lowest BCUT2D eigenvalue weighted by atomic mass is 9.75. The summed E-state index contributed by atoms with van der Waals surface area (Å²) in [7, 11) is 0. The number of esters is 1. The molecular weight excluding hydrogens is 436 g/mol. The Balaban J connectivity index is 1.60. The quantitative estimate of drug-likeness (QED) is 0.440. The van der Waals surface area contributed by atoms with Crippen LogP contribution in [0.25, 0.3) is 0 Å². The zero-order valence-electron chi connectivity index (χ0n) is 20.1. The third kappa shape index (κ3) is 5.53. The number of aromatic nitrogens is 1. The first-order valence-electron chi connectivity index (χ1n) is 11.8. The third-order valence-electron chi connectivity index (χ3n) is 6.42. The van der Waals surface area contributed by atoms with Crippen LogP contribution in [0, 0.1) is 12.3 Å². The second-order valence-electron chi connectivity index (χ2n) is 9.67. The van der Waals surface area contributed by atoms with Crippen LogP contribution < -0.4 is 0 Å². The average molecular weight is 471 g/mol. The van der Waals surface area contributed by atoms with Crippen molar-refractivity contribution >= 4 is 23.7 Å². The molecule has 2 aromatic rings. The molecule has 33 heavy (non-hydrogen) atoms. The van der Waals surface area contributed by atoms with Gasteiger partial charge in [0.15, 0.2) is 5.78 Å². The second kappa shape index (κ2) is 10.0. The zero-order chi connectivity index (χ0) is 23.6. The van der Waals surface area contributed by atoms with Gasteiger partial charge in [0.2, 0.25) is 0 Å². The molecule has 7 heteroatoms. The predicted octanol–water partition coefficient (Wildman–Crippen LogP) is 4.44. The summed E-state index contributed by atoms with van der Waals surface area (Å²) in [6.45, 7) is 12.0. The van der Waals surface area contributed by atoms with E-state index in [-0.39, 0.29) is 23.7 Å². The first kappa shape index (κ1) is 24.0. The van der Waals surface area contributed by atoms with Gasteiger partial charge in [0.05, 0.1) is 19.8 Å². The summed E-state index contributed by atoms with van der Waals surface area (Å²) in [6.07, 6.45) is 1.99. The highest BCUT2D eigenvalue weighted by Gasteiger charge is 2.37. The normalized spacial score (nSPS) is 18.2. The number of rotatable bonds is 7. The Bertz CT molecular complexity index is 1020. The molecule has 1 aromatic carbocycles. The molecule has 0 bridgehead atoms. The maximum atomic E-state index is 13.2. The summed E-state index contributed by atoms with van der Waals surface area (Å²) < 4.78 is 15.0. The van der Waals surface area contributed by atoms with Gasteiger partial charge in [-0.1, -0.05) is 26.0 Å². The van der Waals surface area contributed by atoms with Crippen LogP contribution in [-0.4, -0.2) is 53.5 Å². The fraction of sp³-hybridized carbons (Fsp3) is 0.538. The first-order valence-corrected chi connectivity index (χ1v) is 12.5. The highest BCUT2D eigenvalue weighted by molar-refractivity contribution is 7.97. The molecular formula is C26H34N2O4S. The molecule has 0 unspecified atom stereocenters. The molecule has 1 aliphatic carbocycles. The smallest absolute Gasteiger partial charge is 0.325 e. The predicted molar refractivity (Wildman–Crippen MR) is 130 cm³/mol. The van der Waals surface area contributed by atoms with Gasteiger partial charge < -0.3 is 14.0 Å². The summed E-state index contributed by atoms with van der Waals surface area (Å²) in [6, 6.07) is 8.60. The van der Waals surface area contributed by atoms with Crippen LogP contribution in [0.3, 0.4) is 0 Å². The minimum atomic E-state index is -0.259. The first-order chi connectivity index (χ1) is 15.8. The topological polar surface area (TPSA) is 60.8 Å². The van der Waals surface area contributed by atoms with Gasteiger partial charge in [-0.15, -0.1) is 0 Å². The zero-order valence-corrected chi connectivity index (χ0v) is 20.9. The number of carbonyl (C=O) groups excluding carboxylic acids is 2. The Kier molecular flexibility index (Phi) is 7.31. The van der Waals surface area contributed by atoms with Gasteiger partial charge in [-0.25, -0.2) is 4.31 Å². The molecule has 1 fully saturated rings. The van der Waals surface area contributed by atoms with Crippen molar-refractivity contribution < 1.29 is 19.1 Å². The molecule has 0 atom stereocenters. The van der Waals surface area contributed by atoms with Gasteiger partial charge in [0.25, 0.3) is 0 Å². The Morgan fingerprint density at radius 1 is 1.15 bits per heavy atom. The highest BCUT2D eigenvalue weighted by atomic mass is 32.2. The monoisotopic (exact) mass is 470 g/mol. The number of carbonyl (C=O) groups is 2. The number of ether oxygens (including phenoxy) is 2. The molecule has 4 rings (SSSR count). The SMILES string of the molecule is CCOC(=O)Cn1c(C)c(Cc2ccc(SN3CCOCC3)cc2)c2c1CC(C)(C)CC2=O. The van der Waals surface area contributed by atoms with Crippen molar-refractivity contribution in [1.29, 1.82) is 0 Å². The van der Waals surface area contributed by atoms with Gasteiger partial charge in [-0.3, -0.25) is 9.59 Å². The second-order valence-corrected chi connectivity index (χ2v) is 10.8. The van der Waals surface area contributed by atoms with Crippen LogP contribution in [0.1, 0.15) is 60.1 Å². The average Bonchev–Trinajstić information content (AvgIpc) is 3.01. The number of hydrogen-bond donors (Lipinski definition) is 0. The maximum absolute atomic E-state index is 13.2. The molecule has 0 saturated carbocycles. The molecule has 1 aliphatic heterocycles. The van der Waals surface area contributed by atoms with Gasteiger partial charge in [0, 0.05) is 41.4 Å². The van der Waals surface area contributed by atoms with E-state index in [0.29, 0.717) is 19.4 Å². The summed E-state index contributed by atoms with van der Waals surface area (Å²) in [5.41, 5.74) is 4.89. The molecule has 0 N–H and O–H groups in total. The van der Waals surface area contributed by atoms with Crippen LogP contribution in [0.15, 0.2) is 29.2 Å². The third-order valence-corrected chi connectivity index (χ3v) is 7.53. The summed E-state index contributed by atoms with van der Waals surface area (Å²) in [4.78, 5) is 26.7. The fourth-order valence-corrected chi connectivity index (χ4v) is 5.72. The number of Topliss-reactive ketones (excluding diaryl/α,β-unsaturated/α-hetero) is 1. The van der Waals surface area contributed by atoms with Gasteiger partial charge in [0.1, 0.15) is 6.54 Å². The Labute approximate surface area is 200 Å². The van der Waals surface area contributed by atoms with Crippen LogP contribution in [0.5, 0.6) is 0 Å². The lowest BCUT2D eigenvalue weighted by Crippen LogP contribution is -2.30. The molecule has 0 amide bonds. The molecule has 1 saturated heterocycles. The molecule has 178 valence electrons. The Hall–Kier alpha value is -2.09. The summed E-state index contributed by atoms with van der Waals surface area (Å²) in [5, 5.41) is 0. The van der Waals surface area contributed by atoms with Crippen molar-refractivity contribution in [3.8, 4) is 0 Å². The van der Waals surface area contributed by atoms with E-state index < -0.39 is 0 Å².